The van der Waals surface area contributed by atoms with Gasteiger partial charge in [0.05, 0.1) is 73.2 Å². The minimum atomic E-state index is -2.01. The maximum Gasteiger partial charge on any atom is 0.198 e. The molecule has 0 radical (unpaired) electrons. The summed E-state index contributed by atoms with van der Waals surface area (Å²) in [6, 6.07) is 4.32. The summed E-state index contributed by atoms with van der Waals surface area (Å²) in [5, 5.41) is 75.3. The van der Waals surface area contributed by atoms with Gasteiger partial charge in [-0.05, 0) is 13.0 Å². The van der Waals surface area contributed by atoms with Crippen molar-refractivity contribution in [3.63, 3.8) is 0 Å². The summed E-state index contributed by atoms with van der Waals surface area (Å²) in [7, 11) is 1.40. The summed E-state index contributed by atoms with van der Waals surface area (Å²) >= 11 is 0. The molecule has 0 aromatic heterocycles. The molecule has 6 rings (SSSR count). The summed E-state index contributed by atoms with van der Waals surface area (Å²) in [5.41, 5.74) is -2.52. The lowest BCUT2D eigenvalue weighted by Gasteiger charge is -2.46. The molecule has 2 aromatic carbocycles. The molecule has 4 aliphatic rings. The van der Waals surface area contributed by atoms with Crippen LogP contribution in [0.4, 0.5) is 0 Å². The lowest BCUT2D eigenvalue weighted by Crippen LogP contribution is -2.58. The van der Waals surface area contributed by atoms with E-state index in [9.17, 15) is 35.4 Å². The first-order chi connectivity index (χ1) is 21.0. The molecule has 2 aliphatic heterocycles. The predicted molar refractivity (Wildman–Crippen MR) is 161 cm³/mol. The summed E-state index contributed by atoms with van der Waals surface area (Å²) < 4.78 is 23.3. The third-order valence-electron chi connectivity index (χ3n) is 9.45. The lowest BCUT2D eigenvalue weighted by molar-refractivity contribution is -0.263. The number of aliphatic hydroxyl groups is 4. The highest BCUT2D eigenvalue weighted by atomic mass is 35.5. The van der Waals surface area contributed by atoms with Gasteiger partial charge in [-0.2, -0.15) is 0 Å². The van der Waals surface area contributed by atoms with Gasteiger partial charge in [0.2, 0.25) is 0 Å². The van der Waals surface area contributed by atoms with Gasteiger partial charge >= 0.3 is 0 Å². The Morgan fingerprint density at radius 1 is 1.16 bits per heavy atom. The summed E-state index contributed by atoms with van der Waals surface area (Å²) in [5.74, 6) is -1.45. The van der Waals surface area contributed by atoms with E-state index in [0.29, 0.717) is 26.3 Å². The van der Waals surface area contributed by atoms with Crippen LogP contribution >= 0.6 is 12.4 Å². The van der Waals surface area contributed by atoms with Crippen LogP contribution < -0.4 is 4.74 Å². The van der Waals surface area contributed by atoms with Gasteiger partial charge in [0.15, 0.2) is 12.1 Å². The van der Waals surface area contributed by atoms with Crippen LogP contribution in [0.15, 0.2) is 18.2 Å². The molecule has 246 valence electrons. The van der Waals surface area contributed by atoms with Gasteiger partial charge in [-0.25, -0.2) is 0 Å². The molecule has 14 heteroatoms. The number of carbonyl (C=O) groups excluding carboxylic acids is 1. The lowest BCUT2D eigenvalue weighted by atomic mass is 9.71. The van der Waals surface area contributed by atoms with E-state index >= 15 is 0 Å². The Bertz CT molecular complexity index is 1480. The van der Waals surface area contributed by atoms with Crippen molar-refractivity contribution in [1.29, 1.82) is 5.41 Å². The quantitative estimate of drug-likeness (QED) is 0.185. The molecule has 13 nitrogen and oxygen atoms in total. The SMILES string of the molecule is COc1cccc2c1C(=N)c1c(O)c3c(c(O)c1C2=O)C[C@@](O)(C(O)CO)C[C@@H]3OC1CC(N2CCOCC2)C(O)C(C)O1.Cl. The van der Waals surface area contributed by atoms with Gasteiger partial charge < -0.3 is 49.6 Å². The zero-order valence-corrected chi connectivity index (χ0v) is 25.7. The van der Waals surface area contributed by atoms with Crippen LogP contribution in [0.25, 0.3) is 0 Å². The molecule has 2 aliphatic carbocycles. The highest BCUT2D eigenvalue weighted by Crippen LogP contribution is 2.53. The number of ketones is 1. The molecule has 0 bridgehead atoms. The van der Waals surface area contributed by atoms with E-state index in [4.69, 9.17) is 24.4 Å². The van der Waals surface area contributed by atoms with Crippen LogP contribution in [0, 0.1) is 5.41 Å². The second kappa shape index (κ2) is 12.7. The molecular weight excluding hydrogens is 612 g/mol. The Morgan fingerprint density at radius 2 is 1.87 bits per heavy atom. The van der Waals surface area contributed by atoms with Crippen molar-refractivity contribution in [2.75, 3.05) is 40.0 Å². The Kier molecular flexibility index (Phi) is 9.49. The zero-order chi connectivity index (χ0) is 31.5. The summed E-state index contributed by atoms with van der Waals surface area (Å²) in [6.45, 7) is 3.17. The number of phenolic OH excluding ortho intramolecular Hbond substituents is 2. The molecule has 2 fully saturated rings. The molecule has 2 saturated heterocycles. The number of methoxy groups -OCH3 is 1. The maximum atomic E-state index is 13.7. The summed E-state index contributed by atoms with van der Waals surface area (Å²) in [6.07, 6.45) is -5.74. The monoisotopic (exact) mass is 650 g/mol. The largest absolute Gasteiger partial charge is 0.507 e. The Balaban J connectivity index is 0.00000400. The number of rotatable bonds is 6. The topological polar surface area (TPSA) is 202 Å². The molecule has 7 atom stereocenters. The number of halogens is 1. The number of morpholine rings is 1. The average Bonchev–Trinajstić information content (AvgIpc) is 3.02. The van der Waals surface area contributed by atoms with Crippen molar-refractivity contribution in [3.8, 4) is 17.2 Å². The zero-order valence-electron chi connectivity index (χ0n) is 24.9. The van der Waals surface area contributed by atoms with E-state index in [1.54, 1.807) is 19.1 Å². The average molecular weight is 651 g/mol. The number of fused-ring (bicyclic) bond motifs is 3. The van der Waals surface area contributed by atoms with Crippen LogP contribution in [-0.2, 0) is 20.6 Å². The van der Waals surface area contributed by atoms with Gasteiger partial charge in [-0.3, -0.25) is 15.1 Å². The minimum absolute atomic E-state index is 0. The predicted octanol–water partition coefficient (Wildman–Crippen LogP) is 0.774. The van der Waals surface area contributed by atoms with Gasteiger partial charge in [0.1, 0.15) is 23.4 Å². The molecule has 0 amide bonds. The third kappa shape index (κ3) is 5.49. The first-order valence-corrected chi connectivity index (χ1v) is 14.7. The van der Waals surface area contributed by atoms with Crippen molar-refractivity contribution in [1.82, 2.24) is 4.90 Å². The number of hydrogen-bond acceptors (Lipinski definition) is 13. The van der Waals surface area contributed by atoms with E-state index in [1.165, 1.54) is 13.2 Å². The van der Waals surface area contributed by atoms with E-state index in [1.807, 2.05) is 0 Å². The van der Waals surface area contributed by atoms with Gasteiger partial charge in [0.25, 0.3) is 0 Å². The van der Waals surface area contributed by atoms with Crippen LogP contribution in [0.2, 0.25) is 0 Å². The fourth-order valence-corrected chi connectivity index (χ4v) is 7.10. The third-order valence-corrected chi connectivity index (χ3v) is 9.45. The fourth-order valence-electron chi connectivity index (χ4n) is 7.10. The van der Waals surface area contributed by atoms with Crippen LogP contribution in [0.1, 0.15) is 64.0 Å². The number of carbonyl (C=O) groups is 1. The highest BCUT2D eigenvalue weighted by Gasteiger charge is 2.50. The van der Waals surface area contributed by atoms with Crippen LogP contribution in [0.3, 0.4) is 0 Å². The second-order valence-electron chi connectivity index (χ2n) is 11.9. The number of nitrogens with zero attached hydrogens (tertiary/aromatic N) is 1. The Hall–Kier alpha value is -2.85. The standard InChI is InChI=1S/C31H38N2O11.ClH/c1-14-27(36)17(33-6-8-42-9-7-33)10-21(43-14)44-19-12-31(40,20(35)13-34)11-16-23(19)30(39)24-25(29(16)38)28(37)15-4-3-5-18(41-2)22(15)26(24)32;/h3-5,14,17,19-21,27,32,34-36,38-40H,6-13H2,1-2H3;1H/t14?,17?,19-,20?,21?,27?,31-;/m0./s1. The van der Waals surface area contributed by atoms with Crippen molar-refractivity contribution >= 4 is 23.9 Å². The van der Waals surface area contributed by atoms with Crippen molar-refractivity contribution in [2.45, 2.75) is 68.5 Å². The molecule has 5 unspecified atom stereocenters. The molecule has 2 heterocycles. The molecule has 7 N–H and O–H groups in total. The first kappa shape index (κ1) is 33.5. The van der Waals surface area contributed by atoms with Crippen molar-refractivity contribution in [3.05, 3.63) is 51.6 Å². The number of aromatic hydroxyl groups is 2. The number of phenols is 2. The molecule has 0 saturated carbocycles. The Labute approximate surface area is 265 Å². The van der Waals surface area contributed by atoms with E-state index in [2.05, 4.69) is 4.90 Å². The molecular formula is C31H39ClN2O11. The van der Waals surface area contributed by atoms with Gasteiger partial charge in [-0.15, -0.1) is 12.4 Å². The number of nitrogens with one attached hydrogen (secondary N) is 1. The molecule has 45 heavy (non-hydrogen) atoms. The Morgan fingerprint density at radius 3 is 2.53 bits per heavy atom. The van der Waals surface area contributed by atoms with E-state index in [0.717, 1.165) is 0 Å². The van der Waals surface area contributed by atoms with E-state index < -0.39 is 66.6 Å². The fraction of sp³-hybridized carbons (Fsp3) is 0.548. The summed E-state index contributed by atoms with van der Waals surface area (Å²) in [4.78, 5) is 15.8. The van der Waals surface area contributed by atoms with Crippen LogP contribution in [-0.4, -0.2) is 123 Å². The molecule has 2 aromatic rings. The first-order valence-electron chi connectivity index (χ1n) is 14.7. The number of aliphatic hydroxyl groups excluding tert-OH is 3. The highest BCUT2D eigenvalue weighted by molar-refractivity contribution is 6.32. The smallest absolute Gasteiger partial charge is 0.198 e. The van der Waals surface area contributed by atoms with Gasteiger partial charge in [-0.1, -0.05) is 12.1 Å². The minimum Gasteiger partial charge on any atom is -0.507 e. The van der Waals surface area contributed by atoms with Crippen LogP contribution in [0.5, 0.6) is 17.2 Å². The molecule has 0 spiro atoms. The van der Waals surface area contributed by atoms with Crippen molar-refractivity contribution in [2.24, 2.45) is 0 Å². The van der Waals surface area contributed by atoms with Crippen molar-refractivity contribution < 1.29 is 54.4 Å². The second-order valence-corrected chi connectivity index (χ2v) is 11.9. The number of ether oxygens (including phenoxy) is 4. The number of benzene rings is 2. The normalized spacial score (nSPS) is 30.5. The van der Waals surface area contributed by atoms with E-state index in [-0.39, 0.29) is 76.1 Å². The number of hydrogen-bond donors (Lipinski definition) is 7. The maximum absolute atomic E-state index is 13.7. The van der Waals surface area contributed by atoms with Gasteiger partial charge in [0, 0.05) is 55.1 Å².